The third-order valence-corrected chi connectivity index (χ3v) is 3.31. The second-order valence-corrected chi connectivity index (χ2v) is 4.73. The predicted octanol–water partition coefficient (Wildman–Crippen LogP) is 0.949. The highest BCUT2D eigenvalue weighted by Gasteiger charge is 2.15. The number of methoxy groups -OCH3 is 1. The number of aromatic nitrogens is 5. The quantitative estimate of drug-likeness (QED) is 0.697. The second kappa shape index (κ2) is 6.30. The highest BCUT2D eigenvalue weighted by molar-refractivity contribution is 5.49. The van der Waals surface area contributed by atoms with E-state index < -0.39 is 0 Å². The summed E-state index contributed by atoms with van der Waals surface area (Å²) in [6, 6.07) is 8.86. The van der Waals surface area contributed by atoms with Crippen LogP contribution in [0.4, 0.5) is 0 Å². The zero-order chi connectivity index (χ0) is 16.2. The van der Waals surface area contributed by atoms with Crippen LogP contribution >= 0.6 is 0 Å². The number of ether oxygens (including phenoxy) is 2. The monoisotopic (exact) mass is 313 g/mol. The van der Waals surface area contributed by atoms with Gasteiger partial charge in [-0.2, -0.15) is 9.36 Å². The molecule has 0 unspecified atom stereocenters. The lowest BCUT2D eigenvalue weighted by Gasteiger charge is -2.13. The van der Waals surface area contributed by atoms with Crippen LogP contribution in [0.15, 0.2) is 47.5 Å². The molecule has 0 radical (unpaired) electrons. The molecule has 8 heteroatoms. The van der Waals surface area contributed by atoms with Gasteiger partial charge in [-0.25, -0.2) is 4.79 Å². The molecule has 0 aliphatic heterocycles. The topological polar surface area (TPSA) is 84.1 Å². The van der Waals surface area contributed by atoms with Crippen molar-refractivity contribution in [3.63, 3.8) is 0 Å². The molecule has 8 nitrogen and oxygen atoms in total. The molecular formula is C15H15N5O3. The van der Waals surface area contributed by atoms with E-state index in [1.54, 1.807) is 56.9 Å². The van der Waals surface area contributed by atoms with Gasteiger partial charge in [0.2, 0.25) is 0 Å². The molecule has 118 valence electrons. The summed E-state index contributed by atoms with van der Waals surface area (Å²) in [4.78, 5) is 16.0. The average molecular weight is 313 g/mol. The normalized spacial score (nSPS) is 10.5. The molecule has 2 aromatic heterocycles. The van der Waals surface area contributed by atoms with E-state index in [2.05, 4.69) is 15.4 Å². The van der Waals surface area contributed by atoms with E-state index in [4.69, 9.17) is 9.47 Å². The Kier molecular flexibility index (Phi) is 4.05. The Hall–Kier alpha value is -3.16. The standard InChI is InChI=1S/C15H15N5O3/c1-19-15(21)20(18-17-19)13-4-3-5-14(22-2)12(13)10-23-11-6-8-16-9-7-11/h3-9H,10H2,1-2H3. The minimum absolute atomic E-state index is 0.215. The van der Waals surface area contributed by atoms with Gasteiger partial charge in [-0.05, 0) is 34.7 Å². The first-order valence-electron chi connectivity index (χ1n) is 6.89. The van der Waals surface area contributed by atoms with Gasteiger partial charge in [0.1, 0.15) is 18.1 Å². The summed E-state index contributed by atoms with van der Waals surface area (Å²) in [5.41, 5.74) is 0.925. The van der Waals surface area contributed by atoms with E-state index in [-0.39, 0.29) is 12.3 Å². The van der Waals surface area contributed by atoms with Crippen LogP contribution in [0, 0.1) is 0 Å². The summed E-state index contributed by atoms with van der Waals surface area (Å²) in [6.45, 7) is 0.215. The minimum Gasteiger partial charge on any atom is -0.496 e. The lowest BCUT2D eigenvalue weighted by molar-refractivity contribution is 0.295. The average Bonchev–Trinajstić information content (AvgIpc) is 2.92. The molecule has 23 heavy (non-hydrogen) atoms. The summed E-state index contributed by atoms with van der Waals surface area (Å²) < 4.78 is 13.5. The first-order valence-corrected chi connectivity index (χ1v) is 6.89. The molecule has 0 bridgehead atoms. The SMILES string of the molecule is COc1cccc(-n2nnn(C)c2=O)c1COc1ccncc1. The fourth-order valence-electron chi connectivity index (χ4n) is 2.14. The molecule has 0 aliphatic carbocycles. The number of aryl methyl sites for hydroxylation is 1. The highest BCUT2D eigenvalue weighted by atomic mass is 16.5. The number of hydrogen-bond donors (Lipinski definition) is 0. The Bertz CT molecular complexity index is 857. The molecule has 0 saturated carbocycles. The molecule has 2 heterocycles. The Balaban J connectivity index is 2.00. The van der Waals surface area contributed by atoms with Crippen molar-refractivity contribution in [1.82, 2.24) is 24.8 Å². The van der Waals surface area contributed by atoms with Gasteiger partial charge in [-0.15, -0.1) is 0 Å². The molecule has 0 aliphatic rings. The van der Waals surface area contributed by atoms with Gasteiger partial charge in [-0.1, -0.05) is 6.07 Å². The summed E-state index contributed by atoms with van der Waals surface area (Å²) in [5, 5.41) is 7.61. The lowest BCUT2D eigenvalue weighted by atomic mass is 10.1. The van der Waals surface area contributed by atoms with E-state index in [9.17, 15) is 4.79 Å². The second-order valence-electron chi connectivity index (χ2n) is 4.73. The van der Waals surface area contributed by atoms with Crippen LogP contribution in [0.5, 0.6) is 11.5 Å². The van der Waals surface area contributed by atoms with Gasteiger partial charge < -0.3 is 9.47 Å². The lowest BCUT2D eigenvalue weighted by Crippen LogP contribution is -2.23. The van der Waals surface area contributed by atoms with Gasteiger partial charge in [-0.3, -0.25) is 4.98 Å². The first kappa shape index (κ1) is 14.8. The van der Waals surface area contributed by atoms with Crippen molar-refractivity contribution in [3.05, 3.63) is 58.8 Å². The van der Waals surface area contributed by atoms with Crippen LogP contribution in [0.3, 0.4) is 0 Å². The van der Waals surface area contributed by atoms with E-state index >= 15 is 0 Å². The third kappa shape index (κ3) is 2.91. The first-order chi connectivity index (χ1) is 11.2. The van der Waals surface area contributed by atoms with Crippen molar-refractivity contribution in [1.29, 1.82) is 0 Å². The fraction of sp³-hybridized carbons (Fsp3) is 0.200. The molecule has 3 aromatic rings. The summed E-state index contributed by atoms with van der Waals surface area (Å²) in [6.07, 6.45) is 3.29. The number of tetrazole rings is 1. The number of pyridine rings is 1. The van der Waals surface area contributed by atoms with E-state index in [0.717, 1.165) is 4.68 Å². The van der Waals surface area contributed by atoms with E-state index in [1.807, 2.05) is 0 Å². The summed E-state index contributed by atoms with van der Waals surface area (Å²) in [7, 11) is 3.10. The predicted molar refractivity (Wildman–Crippen MR) is 81.7 cm³/mol. The van der Waals surface area contributed by atoms with Crippen LogP contribution < -0.4 is 15.2 Å². The molecular weight excluding hydrogens is 298 g/mol. The zero-order valence-corrected chi connectivity index (χ0v) is 12.7. The number of hydrogen-bond acceptors (Lipinski definition) is 6. The third-order valence-electron chi connectivity index (χ3n) is 3.31. The zero-order valence-electron chi connectivity index (χ0n) is 12.7. The maximum atomic E-state index is 12.1. The Morgan fingerprint density at radius 1 is 1.13 bits per heavy atom. The number of rotatable bonds is 5. The van der Waals surface area contributed by atoms with Gasteiger partial charge in [0.05, 0.1) is 18.4 Å². The van der Waals surface area contributed by atoms with Crippen molar-refractivity contribution < 1.29 is 9.47 Å². The van der Waals surface area contributed by atoms with Crippen LogP contribution in [0.25, 0.3) is 5.69 Å². The fourth-order valence-corrected chi connectivity index (χ4v) is 2.14. The number of benzene rings is 1. The summed E-state index contributed by atoms with van der Waals surface area (Å²) in [5.74, 6) is 1.28. The van der Waals surface area contributed by atoms with Crippen LogP contribution in [0.1, 0.15) is 5.56 Å². The Morgan fingerprint density at radius 3 is 2.57 bits per heavy atom. The molecule has 0 fully saturated rings. The van der Waals surface area contributed by atoms with E-state index in [0.29, 0.717) is 22.7 Å². The van der Waals surface area contributed by atoms with Crippen LogP contribution in [0.2, 0.25) is 0 Å². The summed E-state index contributed by atoms with van der Waals surface area (Å²) >= 11 is 0. The molecule has 0 amide bonds. The molecule has 0 atom stereocenters. The molecule has 0 N–H and O–H groups in total. The largest absolute Gasteiger partial charge is 0.496 e. The van der Waals surface area contributed by atoms with Crippen LogP contribution in [-0.4, -0.2) is 31.9 Å². The van der Waals surface area contributed by atoms with Gasteiger partial charge >= 0.3 is 5.69 Å². The van der Waals surface area contributed by atoms with Gasteiger partial charge in [0.25, 0.3) is 0 Å². The maximum absolute atomic E-state index is 12.1. The molecule has 3 rings (SSSR count). The Labute approximate surface area is 131 Å². The van der Waals surface area contributed by atoms with Crippen molar-refractivity contribution >= 4 is 0 Å². The maximum Gasteiger partial charge on any atom is 0.368 e. The number of nitrogens with zero attached hydrogens (tertiary/aromatic N) is 5. The van der Waals surface area contributed by atoms with Crippen LogP contribution in [-0.2, 0) is 13.7 Å². The van der Waals surface area contributed by atoms with Crippen molar-refractivity contribution in [2.24, 2.45) is 7.05 Å². The smallest absolute Gasteiger partial charge is 0.368 e. The van der Waals surface area contributed by atoms with Crippen molar-refractivity contribution in [3.8, 4) is 17.2 Å². The van der Waals surface area contributed by atoms with Crippen molar-refractivity contribution in [2.45, 2.75) is 6.61 Å². The van der Waals surface area contributed by atoms with E-state index in [1.165, 1.54) is 4.68 Å². The molecule has 1 aromatic carbocycles. The Morgan fingerprint density at radius 2 is 1.91 bits per heavy atom. The van der Waals surface area contributed by atoms with Gasteiger partial charge in [0, 0.05) is 19.4 Å². The highest BCUT2D eigenvalue weighted by Crippen LogP contribution is 2.25. The van der Waals surface area contributed by atoms with Gasteiger partial charge in [0.15, 0.2) is 0 Å². The minimum atomic E-state index is -0.344. The molecule has 0 saturated heterocycles. The van der Waals surface area contributed by atoms with Crippen molar-refractivity contribution in [2.75, 3.05) is 7.11 Å². The molecule has 0 spiro atoms.